The molecule has 0 bridgehead atoms. The number of nitrogens with zero attached hydrogens (tertiary/aromatic N) is 1. The predicted octanol–water partition coefficient (Wildman–Crippen LogP) is 1.99. The van der Waals surface area contributed by atoms with Crippen LogP contribution in [0.15, 0.2) is 46.2 Å². The van der Waals surface area contributed by atoms with Crippen molar-refractivity contribution in [2.75, 3.05) is 7.05 Å². The molecule has 0 atom stereocenters. The Morgan fingerprint density at radius 2 is 2.00 bits per heavy atom. The highest BCUT2D eigenvalue weighted by molar-refractivity contribution is 7.89. The summed E-state index contributed by atoms with van der Waals surface area (Å²) in [5.74, 6) is -0.487. The predicted molar refractivity (Wildman–Crippen MR) is 77.1 cm³/mol. The number of nitrogens with one attached hydrogen (secondary N) is 1. The minimum atomic E-state index is -3.88. The van der Waals surface area contributed by atoms with Crippen molar-refractivity contribution in [3.63, 3.8) is 0 Å². The topological polar surface area (TPSA) is 70.2 Å². The molecule has 1 aromatic carbocycles. The Bertz CT molecular complexity index is 820. The van der Waals surface area contributed by atoms with Gasteiger partial charge in [-0.05, 0) is 12.1 Å². The van der Waals surface area contributed by atoms with E-state index < -0.39 is 21.4 Å². The fourth-order valence-electron chi connectivity index (χ4n) is 1.72. The number of aromatic amines is 1. The molecule has 0 aliphatic heterocycles. The first-order valence-corrected chi connectivity index (χ1v) is 7.72. The second-order valence-electron chi connectivity index (χ2n) is 4.36. The lowest BCUT2D eigenvalue weighted by molar-refractivity contribution is 0.456. The van der Waals surface area contributed by atoms with E-state index in [9.17, 15) is 17.6 Å². The van der Waals surface area contributed by atoms with Crippen LogP contribution in [0.2, 0.25) is 5.02 Å². The molecule has 1 aromatic heterocycles. The number of aromatic nitrogens is 1. The molecule has 0 aliphatic rings. The van der Waals surface area contributed by atoms with E-state index in [0.717, 1.165) is 16.6 Å². The Kier molecular flexibility index (Phi) is 4.46. The number of benzene rings is 1. The molecule has 0 saturated heterocycles. The standard InChI is InChI=1S/C13H12ClFN2O3S/c1-17(8-9-4-2-3-5-12(9)15)21(19,20)10-6-11(14)13(18)16-7-10/h2-7H,8H2,1H3,(H,16,18). The van der Waals surface area contributed by atoms with Crippen LogP contribution in [0.3, 0.4) is 0 Å². The van der Waals surface area contributed by atoms with Gasteiger partial charge in [-0.25, -0.2) is 12.8 Å². The van der Waals surface area contributed by atoms with Crippen molar-refractivity contribution in [2.24, 2.45) is 0 Å². The van der Waals surface area contributed by atoms with Crippen LogP contribution in [0.4, 0.5) is 4.39 Å². The van der Waals surface area contributed by atoms with Gasteiger partial charge < -0.3 is 4.98 Å². The van der Waals surface area contributed by atoms with Gasteiger partial charge in [-0.15, -0.1) is 0 Å². The van der Waals surface area contributed by atoms with Crippen LogP contribution in [0, 0.1) is 5.82 Å². The third-order valence-corrected chi connectivity index (χ3v) is 4.95. The second kappa shape index (κ2) is 5.97. The zero-order valence-electron chi connectivity index (χ0n) is 11.0. The van der Waals surface area contributed by atoms with E-state index in [1.54, 1.807) is 6.07 Å². The third-order valence-electron chi connectivity index (χ3n) is 2.89. The Balaban J connectivity index is 2.33. The molecule has 112 valence electrons. The molecule has 5 nitrogen and oxygen atoms in total. The number of halogens is 2. The summed E-state index contributed by atoms with van der Waals surface area (Å²) in [5.41, 5.74) is -0.327. The molecule has 2 aromatic rings. The van der Waals surface area contributed by atoms with Crippen LogP contribution in [0.5, 0.6) is 0 Å². The van der Waals surface area contributed by atoms with Gasteiger partial charge in [0.05, 0.1) is 4.90 Å². The van der Waals surface area contributed by atoms with Crippen molar-refractivity contribution in [1.29, 1.82) is 0 Å². The van der Waals surface area contributed by atoms with Crippen molar-refractivity contribution < 1.29 is 12.8 Å². The van der Waals surface area contributed by atoms with Gasteiger partial charge in [0.15, 0.2) is 0 Å². The number of rotatable bonds is 4. The van der Waals surface area contributed by atoms with E-state index in [0.29, 0.717) is 0 Å². The molecule has 0 amide bonds. The Morgan fingerprint density at radius 3 is 2.62 bits per heavy atom. The molecule has 1 heterocycles. The molecule has 21 heavy (non-hydrogen) atoms. The number of hydrogen-bond donors (Lipinski definition) is 1. The summed E-state index contributed by atoms with van der Waals surface area (Å²) in [6.45, 7) is -0.133. The first-order chi connectivity index (χ1) is 9.82. The summed E-state index contributed by atoms with van der Waals surface area (Å²) < 4.78 is 39.2. The minimum absolute atomic E-state index is 0.133. The van der Waals surface area contributed by atoms with Gasteiger partial charge in [0.25, 0.3) is 5.56 Å². The molecule has 0 fully saturated rings. The summed E-state index contributed by atoms with van der Waals surface area (Å²) in [6.07, 6.45) is 1.06. The van der Waals surface area contributed by atoms with E-state index in [-0.39, 0.29) is 22.0 Å². The Hall–Kier alpha value is -1.70. The van der Waals surface area contributed by atoms with Crippen LogP contribution in [0.25, 0.3) is 0 Å². The lowest BCUT2D eigenvalue weighted by Crippen LogP contribution is -2.27. The number of hydrogen-bond acceptors (Lipinski definition) is 3. The van der Waals surface area contributed by atoms with E-state index in [2.05, 4.69) is 4.98 Å². The Morgan fingerprint density at radius 1 is 1.33 bits per heavy atom. The van der Waals surface area contributed by atoms with E-state index in [1.807, 2.05) is 0 Å². The minimum Gasteiger partial charge on any atom is -0.326 e. The maximum absolute atomic E-state index is 13.6. The molecule has 8 heteroatoms. The summed E-state index contributed by atoms with van der Waals surface area (Å²) in [7, 11) is -2.56. The molecular formula is C13H12ClFN2O3S. The number of pyridine rings is 1. The maximum atomic E-state index is 13.6. The normalized spacial score (nSPS) is 11.8. The van der Waals surface area contributed by atoms with Crippen molar-refractivity contribution in [2.45, 2.75) is 11.4 Å². The van der Waals surface area contributed by atoms with Crippen molar-refractivity contribution >= 4 is 21.6 Å². The zero-order chi connectivity index (χ0) is 15.6. The largest absolute Gasteiger partial charge is 0.326 e. The van der Waals surface area contributed by atoms with Gasteiger partial charge in [0, 0.05) is 25.4 Å². The molecule has 0 unspecified atom stereocenters. The Labute approximate surface area is 126 Å². The smallest absolute Gasteiger partial charge is 0.266 e. The summed E-state index contributed by atoms with van der Waals surface area (Å²) in [4.78, 5) is 13.2. The highest BCUT2D eigenvalue weighted by Gasteiger charge is 2.22. The average molecular weight is 331 g/mol. The van der Waals surface area contributed by atoms with E-state index in [4.69, 9.17) is 11.6 Å². The van der Waals surface area contributed by atoms with Crippen LogP contribution >= 0.6 is 11.6 Å². The lowest BCUT2D eigenvalue weighted by atomic mass is 10.2. The summed E-state index contributed by atoms with van der Waals surface area (Å²) >= 11 is 5.62. The van der Waals surface area contributed by atoms with E-state index in [1.165, 1.54) is 25.2 Å². The molecular weight excluding hydrogens is 319 g/mol. The molecule has 0 saturated carbocycles. The number of H-pyrrole nitrogens is 1. The van der Waals surface area contributed by atoms with Crippen molar-refractivity contribution in [1.82, 2.24) is 9.29 Å². The second-order valence-corrected chi connectivity index (χ2v) is 6.82. The zero-order valence-corrected chi connectivity index (χ0v) is 12.6. The van der Waals surface area contributed by atoms with Gasteiger partial charge in [0.1, 0.15) is 10.8 Å². The average Bonchev–Trinajstić information content (AvgIpc) is 2.44. The highest BCUT2D eigenvalue weighted by Crippen LogP contribution is 2.18. The van der Waals surface area contributed by atoms with Gasteiger partial charge in [0.2, 0.25) is 10.0 Å². The molecule has 0 spiro atoms. The van der Waals surface area contributed by atoms with Gasteiger partial charge in [-0.2, -0.15) is 4.31 Å². The SMILES string of the molecule is CN(Cc1ccccc1F)S(=O)(=O)c1c[nH]c(=O)c(Cl)c1. The molecule has 0 radical (unpaired) electrons. The first kappa shape index (κ1) is 15.7. The number of sulfonamides is 1. The van der Waals surface area contributed by atoms with Crippen LogP contribution in [-0.4, -0.2) is 24.8 Å². The van der Waals surface area contributed by atoms with Crippen molar-refractivity contribution in [3.8, 4) is 0 Å². The first-order valence-electron chi connectivity index (χ1n) is 5.90. The molecule has 0 aliphatic carbocycles. The maximum Gasteiger partial charge on any atom is 0.266 e. The quantitative estimate of drug-likeness (QED) is 0.932. The fraction of sp³-hybridized carbons (Fsp3) is 0.154. The van der Waals surface area contributed by atoms with Gasteiger partial charge >= 0.3 is 0 Å². The van der Waals surface area contributed by atoms with Crippen molar-refractivity contribution in [3.05, 3.63) is 63.3 Å². The summed E-state index contributed by atoms with van der Waals surface area (Å²) in [6, 6.07) is 6.96. The third kappa shape index (κ3) is 3.31. The van der Waals surface area contributed by atoms with Crippen LogP contribution in [-0.2, 0) is 16.6 Å². The lowest BCUT2D eigenvalue weighted by Gasteiger charge is -2.17. The van der Waals surface area contributed by atoms with Crippen LogP contribution in [0.1, 0.15) is 5.56 Å². The molecule has 1 N–H and O–H groups in total. The van der Waals surface area contributed by atoms with Crippen LogP contribution < -0.4 is 5.56 Å². The monoisotopic (exact) mass is 330 g/mol. The highest BCUT2D eigenvalue weighted by atomic mass is 35.5. The summed E-state index contributed by atoms with van der Waals surface area (Å²) in [5, 5.41) is -0.227. The van der Waals surface area contributed by atoms with Gasteiger partial charge in [-0.1, -0.05) is 29.8 Å². The fourth-order valence-corrected chi connectivity index (χ4v) is 3.10. The van der Waals surface area contributed by atoms with Gasteiger partial charge in [-0.3, -0.25) is 4.79 Å². The molecule has 2 rings (SSSR count). The van der Waals surface area contributed by atoms with E-state index >= 15 is 0 Å².